The summed E-state index contributed by atoms with van der Waals surface area (Å²) >= 11 is 3.27. The lowest BCUT2D eigenvalue weighted by atomic mass is 10.0. The first-order valence-corrected chi connectivity index (χ1v) is 6.20. The lowest BCUT2D eigenvalue weighted by molar-refractivity contribution is 0.0616. The Balaban J connectivity index is 3.04. The first-order valence-electron chi connectivity index (χ1n) is 5.40. The topological polar surface area (TPSA) is 33.2 Å². The minimum absolute atomic E-state index is 0.0134. The quantitative estimate of drug-likeness (QED) is 0.633. The van der Waals surface area contributed by atoms with E-state index in [-0.39, 0.29) is 11.4 Å². The van der Waals surface area contributed by atoms with E-state index < -0.39 is 0 Å². The molecule has 3 nitrogen and oxygen atoms in total. The second kappa shape index (κ2) is 5.45. The third-order valence-corrected chi connectivity index (χ3v) is 2.77. The molecule has 4 heteroatoms. The fraction of sp³-hybridized carbons (Fsp3) is 0.385. The summed E-state index contributed by atoms with van der Waals surface area (Å²) in [5.74, 6) is -0.0134. The van der Waals surface area contributed by atoms with Crippen molar-refractivity contribution >= 4 is 21.8 Å². The van der Waals surface area contributed by atoms with Gasteiger partial charge in [-0.3, -0.25) is 4.79 Å². The summed E-state index contributed by atoms with van der Waals surface area (Å²) in [5.41, 5.74) is 0.393. The summed E-state index contributed by atoms with van der Waals surface area (Å²) in [6.45, 7) is 10.2. The van der Waals surface area contributed by atoms with Crippen molar-refractivity contribution in [1.29, 1.82) is 0 Å². The van der Waals surface area contributed by atoms with E-state index in [2.05, 4.69) is 27.5 Å². The average molecular weight is 297 g/mol. The molecule has 0 bridgehead atoms. The zero-order valence-electron chi connectivity index (χ0n) is 10.4. The van der Waals surface area contributed by atoms with Crippen LogP contribution in [-0.4, -0.2) is 27.9 Å². The van der Waals surface area contributed by atoms with Crippen LogP contribution in [0.4, 0.5) is 0 Å². The highest BCUT2D eigenvalue weighted by molar-refractivity contribution is 9.10. The number of carbonyl (C=O) groups excluding carboxylic acids is 1. The van der Waals surface area contributed by atoms with Gasteiger partial charge < -0.3 is 4.90 Å². The lowest BCUT2D eigenvalue weighted by Gasteiger charge is -2.35. The molecular weight excluding hydrogens is 280 g/mol. The molecule has 1 aromatic rings. The maximum absolute atomic E-state index is 12.4. The van der Waals surface area contributed by atoms with Gasteiger partial charge in [-0.05, 0) is 48.8 Å². The van der Waals surface area contributed by atoms with E-state index >= 15 is 0 Å². The second-order valence-electron chi connectivity index (χ2n) is 4.74. The number of hydrogen-bond acceptors (Lipinski definition) is 2. The number of halogens is 1. The molecule has 1 rings (SSSR count). The van der Waals surface area contributed by atoms with Gasteiger partial charge >= 0.3 is 0 Å². The van der Waals surface area contributed by atoms with Crippen LogP contribution in [0.25, 0.3) is 0 Å². The monoisotopic (exact) mass is 296 g/mol. The molecule has 0 aromatic carbocycles. The van der Waals surface area contributed by atoms with Crippen LogP contribution in [0.2, 0.25) is 0 Å². The Hall–Kier alpha value is -1.16. The fourth-order valence-corrected chi connectivity index (χ4v) is 1.85. The number of aromatic nitrogens is 1. The molecule has 0 saturated carbocycles. The Bertz CT molecular complexity index is 424. The van der Waals surface area contributed by atoms with E-state index in [4.69, 9.17) is 0 Å². The molecule has 0 unspecified atom stereocenters. The van der Waals surface area contributed by atoms with Gasteiger partial charge in [-0.1, -0.05) is 6.08 Å². The molecule has 0 spiro atoms. The van der Waals surface area contributed by atoms with E-state index in [1.165, 1.54) is 0 Å². The Kier molecular flexibility index (Phi) is 4.46. The summed E-state index contributed by atoms with van der Waals surface area (Å²) in [5, 5.41) is 0. The van der Waals surface area contributed by atoms with Crippen LogP contribution in [-0.2, 0) is 0 Å². The van der Waals surface area contributed by atoms with Crippen molar-refractivity contribution in [3.63, 3.8) is 0 Å². The van der Waals surface area contributed by atoms with Crippen molar-refractivity contribution in [2.75, 3.05) is 6.54 Å². The SMILES string of the molecule is C=CCN(C(=O)c1ccnc(Br)c1)C(C)(C)C. The highest BCUT2D eigenvalue weighted by atomic mass is 79.9. The Morgan fingerprint density at radius 2 is 2.24 bits per heavy atom. The highest BCUT2D eigenvalue weighted by Crippen LogP contribution is 2.18. The first kappa shape index (κ1) is 13.9. The van der Waals surface area contributed by atoms with Gasteiger partial charge in [0, 0.05) is 23.8 Å². The second-order valence-corrected chi connectivity index (χ2v) is 5.55. The van der Waals surface area contributed by atoms with Crippen molar-refractivity contribution in [2.45, 2.75) is 26.3 Å². The van der Waals surface area contributed by atoms with Gasteiger partial charge in [0.25, 0.3) is 5.91 Å². The van der Waals surface area contributed by atoms with E-state index in [1.54, 1.807) is 29.3 Å². The van der Waals surface area contributed by atoms with Gasteiger partial charge in [-0.15, -0.1) is 6.58 Å². The van der Waals surface area contributed by atoms with Crippen molar-refractivity contribution in [1.82, 2.24) is 9.88 Å². The predicted octanol–water partition coefficient (Wildman–Crippen LogP) is 3.27. The zero-order chi connectivity index (χ0) is 13.1. The molecule has 0 aliphatic rings. The van der Waals surface area contributed by atoms with Crippen molar-refractivity contribution in [2.24, 2.45) is 0 Å². The molecular formula is C13H17BrN2O. The number of rotatable bonds is 3. The fourth-order valence-electron chi connectivity index (χ4n) is 1.48. The van der Waals surface area contributed by atoms with Crippen LogP contribution >= 0.6 is 15.9 Å². The number of amides is 1. The number of nitrogens with zero attached hydrogens (tertiary/aromatic N) is 2. The number of carbonyl (C=O) groups is 1. The summed E-state index contributed by atoms with van der Waals surface area (Å²) in [4.78, 5) is 18.2. The van der Waals surface area contributed by atoms with Crippen LogP contribution in [0.15, 0.2) is 35.6 Å². The van der Waals surface area contributed by atoms with Gasteiger partial charge in [0.15, 0.2) is 0 Å². The number of pyridine rings is 1. The molecule has 17 heavy (non-hydrogen) atoms. The minimum atomic E-state index is -0.235. The van der Waals surface area contributed by atoms with Gasteiger partial charge in [-0.2, -0.15) is 0 Å². The van der Waals surface area contributed by atoms with Crippen molar-refractivity contribution in [3.05, 3.63) is 41.2 Å². The number of hydrogen-bond donors (Lipinski definition) is 0. The summed E-state index contributed by atoms with van der Waals surface area (Å²) in [6, 6.07) is 3.44. The Labute approximate surface area is 111 Å². The van der Waals surface area contributed by atoms with Crippen LogP contribution < -0.4 is 0 Å². The Morgan fingerprint density at radius 3 is 2.71 bits per heavy atom. The summed E-state index contributed by atoms with van der Waals surface area (Å²) < 4.78 is 0.663. The molecule has 92 valence electrons. The smallest absolute Gasteiger partial charge is 0.254 e. The standard InChI is InChI=1S/C13H17BrN2O/c1-5-8-16(13(2,3)4)12(17)10-6-7-15-11(14)9-10/h5-7,9H,1,8H2,2-4H3. The van der Waals surface area contributed by atoms with E-state index in [0.717, 1.165) is 0 Å². The van der Waals surface area contributed by atoms with Crippen LogP contribution in [0.5, 0.6) is 0 Å². The molecule has 1 heterocycles. The molecule has 0 saturated heterocycles. The molecule has 1 aromatic heterocycles. The third-order valence-electron chi connectivity index (χ3n) is 2.34. The van der Waals surface area contributed by atoms with Gasteiger partial charge in [0.05, 0.1) is 0 Å². The summed E-state index contributed by atoms with van der Waals surface area (Å²) in [7, 11) is 0. The van der Waals surface area contributed by atoms with E-state index in [9.17, 15) is 4.79 Å². The van der Waals surface area contributed by atoms with Crippen LogP contribution in [0.3, 0.4) is 0 Å². The Morgan fingerprint density at radius 1 is 1.59 bits per heavy atom. The third kappa shape index (κ3) is 3.66. The van der Waals surface area contributed by atoms with Crippen molar-refractivity contribution < 1.29 is 4.79 Å². The molecule has 0 aliphatic carbocycles. The maximum Gasteiger partial charge on any atom is 0.254 e. The van der Waals surface area contributed by atoms with E-state index in [0.29, 0.717) is 16.7 Å². The van der Waals surface area contributed by atoms with E-state index in [1.807, 2.05) is 20.8 Å². The van der Waals surface area contributed by atoms with Gasteiger partial charge in [-0.25, -0.2) is 4.98 Å². The minimum Gasteiger partial charge on any atom is -0.330 e. The molecule has 0 fully saturated rings. The average Bonchev–Trinajstić information content (AvgIpc) is 2.23. The predicted molar refractivity (Wildman–Crippen MR) is 72.9 cm³/mol. The highest BCUT2D eigenvalue weighted by Gasteiger charge is 2.26. The molecule has 1 amide bonds. The maximum atomic E-state index is 12.4. The van der Waals surface area contributed by atoms with Crippen LogP contribution in [0.1, 0.15) is 31.1 Å². The van der Waals surface area contributed by atoms with Crippen LogP contribution in [0, 0.1) is 0 Å². The molecule has 0 N–H and O–H groups in total. The molecule has 0 radical (unpaired) electrons. The van der Waals surface area contributed by atoms with Crippen molar-refractivity contribution in [3.8, 4) is 0 Å². The largest absolute Gasteiger partial charge is 0.330 e. The van der Waals surface area contributed by atoms with Gasteiger partial charge in [0.1, 0.15) is 4.60 Å². The lowest BCUT2D eigenvalue weighted by Crippen LogP contribution is -2.45. The first-order chi connectivity index (χ1) is 7.86. The van der Waals surface area contributed by atoms with Gasteiger partial charge in [0.2, 0.25) is 0 Å². The molecule has 0 aliphatic heterocycles. The molecule has 0 atom stereocenters. The normalized spacial score (nSPS) is 11.1. The zero-order valence-corrected chi connectivity index (χ0v) is 12.0. The summed E-state index contributed by atoms with van der Waals surface area (Å²) in [6.07, 6.45) is 3.35.